The molecule has 0 spiro atoms. The van der Waals surface area contributed by atoms with Crippen LogP contribution in [0.2, 0.25) is 0 Å². The van der Waals surface area contributed by atoms with Gasteiger partial charge in [-0.25, -0.2) is 0 Å². The van der Waals surface area contributed by atoms with Gasteiger partial charge in [-0.05, 0) is 35.9 Å². The minimum atomic E-state index is 0.140. The molecule has 138 valence electrons. The molecule has 0 bridgehead atoms. The third kappa shape index (κ3) is 4.79. The van der Waals surface area contributed by atoms with Crippen LogP contribution in [0.25, 0.3) is 0 Å². The number of hydrogen-bond acceptors (Lipinski definition) is 7. The second kappa shape index (κ2) is 8.59. The second-order valence-corrected chi connectivity index (χ2v) is 5.77. The van der Waals surface area contributed by atoms with E-state index in [1.807, 2.05) is 72.8 Å². The van der Waals surface area contributed by atoms with Crippen molar-refractivity contribution in [3.05, 3.63) is 90.8 Å². The van der Waals surface area contributed by atoms with Crippen LogP contribution in [0.5, 0.6) is 23.5 Å². The number of benzene rings is 2. The molecule has 1 N–H and O–H groups in total. The molecular formula is C21H17N5O2. The van der Waals surface area contributed by atoms with Gasteiger partial charge in [-0.2, -0.15) is 9.97 Å². The van der Waals surface area contributed by atoms with Gasteiger partial charge in [-0.3, -0.25) is 4.98 Å². The van der Waals surface area contributed by atoms with Gasteiger partial charge in [0, 0.05) is 18.9 Å². The predicted molar refractivity (Wildman–Crippen MR) is 104 cm³/mol. The summed E-state index contributed by atoms with van der Waals surface area (Å²) >= 11 is 0. The number of aromatic nitrogens is 4. The molecule has 7 heteroatoms. The number of ether oxygens (including phenoxy) is 2. The van der Waals surface area contributed by atoms with Crippen LogP contribution in [0.4, 0.5) is 5.95 Å². The van der Waals surface area contributed by atoms with Crippen molar-refractivity contribution in [3.8, 4) is 23.5 Å². The fraction of sp³-hybridized carbons (Fsp3) is 0.0476. The highest BCUT2D eigenvalue weighted by Gasteiger charge is 2.11. The van der Waals surface area contributed by atoms with Crippen LogP contribution in [0.15, 0.2) is 85.2 Å². The topological polar surface area (TPSA) is 82.0 Å². The van der Waals surface area contributed by atoms with Crippen molar-refractivity contribution < 1.29 is 9.47 Å². The Labute approximate surface area is 162 Å². The first-order valence-corrected chi connectivity index (χ1v) is 8.70. The third-order valence-corrected chi connectivity index (χ3v) is 3.67. The van der Waals surface area contributed by atoms with E-state index in [4.69, 9.17) is 9.47 Å². The van der Waals surface area contributed by atoms with Crippen molar-refractivity contribution in [1.29, 1.82) is 0 Å². The molecule has 2 heterocycles. The van der Waals surface area contributed by atoms with Crippen molar-refractivity contribution in [1.82, 2.24) is 19.9 Å². The van der Waals surface area contributed by atoms with E-state index in [0.29, 0.717) is 24.0 Å². The number of nitrogens with one attached hydrogen (secondary N) is 1. The molecule has 2 aromatic heterocycles. The minimum absolute atomic E-state index is 0.140. The summed E-state index contributed by atoms with van der Waals surface area (Å²) in [4.78, 5) is 17.0. The fourth-order valence-electron chi connectivity index (χ4n) is 2.38. The maximum Gasteiger partial charge on any atom is 0.330 e. The Balaban J connectivity index is 1.58. The van der Waals surface area contributed by atoms with Crippen molar-refractivity contribution in [2.75, 3.05) is 5.32 Å². The van der Waals surface area contributed by atoms with Crippen LogP contribution in [-0.2, 0) is 6.54 Å². The predicted octanol–water partition coefficient (Wildman–Crippen LogP) is 4.46. The SMILES string of the molecule is c1ccc(Oc2nc(NCc3cccnc3)nc(Oc3ccccc3)n2)cc1. The van der Waals surface area contributed by atoms with E-state index in [2.05, 4.69) is 25.3 Å². The number of rotatable bonds is 7. The molecule has 0 fully saturated rings. The van der Waals surface area contributed by atoms with Gasteiger partial charge >= 0.3 is 12.0 Å². The van der Waals surface area contributed by atoms with E-state index in [1.165, 1.54) is 0 Å². The first kappa shape index (κ1) is 17.4. The van der Waals surface area contributed by atoms with Gasteiger partial charge in [0.15, 0.2) is 0 Å². The molecule has 4 aromatic rings. The van der Waals surface area contributed by atoms with Crippen molar-refractivity contribution >= 4 is 5.95 Å². The maximum absolute atomic E-state index is 5.75. The quantitative estimate of drug-likeness (QED) is 0.513. The Morgan fingerprint density at radius 2 is 1.29 bits per heavy atom. The van der Waals surface area contributed by atoms with Gasteiger partial charge in [-0.1, -0.05) is 42.5 Å². The normalized spacial score (nSPS) is 10.3. The lowest BCUT2D eigenvalue weighted by atomic mass is 10.3. The molecule has 0 aliphatic carbocycles. The van der Waals surface area contributed by atoms with E-state index in [9.17, 15) is 0 Å². The maximum atomic E-state index is 5.75. The summed E-state index contributed by atoms with van der Waals surface area (Å²) in [5, 5.41) is 3.15. The number of pyridine rings is 1. The highest BCUT2D eigenvalue weighted by molar-refractivity contribution is 5.33. The Kier molecular flexibility index (Phi) is 5.34. The molecule has 0 saturated heterocycles. The van der Waals surface area contributed by atoms with Crippen LogP contribution >= 0.6 is 0 Å². The third-order valence-electron chi connectivity index (χ3n) is 3.67. The highest BCUT2D eigenvalue weighted by Crippen LogP contribution is 2.23. The molecule has 28 heavy (non-hydrogen) atoms. The van der Waals surface area contributed by atoms with Gasteiger partial charge in [-0.15, -0.1) is 4.98 Å². The Bertz CT molecular complexity index is 955. The van der Waals surface area contributed by atoms with Gasteiger partial charge < -0.3 is 14.8 Å². The average molecular weight is 371 g/mol. The molecule has 0 unspecified atom stereocenters. The van der Waals surface area contributed by atoms with Gasteiger partial charge in [0.2, 0.25) is 5.95 Å². The summed E-state index contributed by atoms with van der Waals surface area (Å²) in [6.07, 6.45) is 3.50. The van der Waals surface area contributed by atoms with E-state index in [0.717, 1.165) is 5.56 Å². The largest absolute Gasteiger partial charge is 0.424 e. The monoisotopic (exact) mass is 371 g/mol. The van der Waals surface area contributed by atoms with E-state index in [1.54, 1.807) is 12.4 Å². The summed E-state index contributed by atoms with van der Waals surface area (Å²) in [7, 11) is 0. The Hall–Kier alpha value is -4.00. The smallest absolute Gasteiger partial charge is 0.330 e. The van der Waals surface area contributed by atoms with Crippen LogP contribution < -0.4 is 14.8 Å². The summed E-state index contributed by atoms with van der Waals surface area (Å²) in [5.41, 5.74) is 0.999. The molecule has 0 atom stereocenters. The summed E-state index contributed by atoms with van der Waals surface area (Å²) < 4.78 is 11.5. The van der Waals surface area contributed by atoms with Gasteiger partial charge in [0.25, 0.3) is 0 Å². The zero-order chi connectivity index (χ0) is 19.0. The fourth-order valence-corrected chi connectivity index (χ4v) is 2.38. The summed E-state index contributed by atoms with van der Waals surface area (Å²) in [5.74, 6) is 1.59. The molecule has 7 nitrogen and oxygen atoms in total. The Morgan fingerprint density at radius 1 is 0.679 bits per heavy atom. The zero-order valence-electron chi connectivity index (χ0n) is 14.9. The van der Waals surface area contributed by atoms with Crippen LogP contribution in [0, 0.1) is 0 Å². The zero-order valence-corrected chi connectivity index (χ0v) is 14.9. The molecule has 2 aromatic carbocycles. The molecule has 0 radical (unpaired) electrons. The minimum Gasteiger partial charge on any atom is -0.424 e. The van der Waals surface area contributed by atoms with Crippen molar-refractivity contribution in [2.24, 2.45) is 0 Å². The molecule has 0 amide bonds. The average Bonchev–Trinajstić information content (AvgIpc) is 2.74. The van der Waals surface area contributed by atoms with E-state index >= 15 is 0 Å². The van der Waals surface area contributed by atoms with Crippen molar-refractivity contribution in [3.63, 3.8) is 0 Å². The number of hydrogen-bond donors (Lipinski definition) is 1. The molecular weight excluding hydrogens is 354 g/mol. The second-order valence-electron chi connectivity index (χ2n) is 5.77. The molecule has 4 rings (SSSR count). The van der Waals surface area contributed by atoms with E-state index < -0.39 is 0 Å². The lowest BCUT2D eigenvalue weighted by molar-refractivity contribution is 0.398. The number of para-hydroxylation sites is 2. The number of anilines is 1. The standard InChI is InChI=1S/C21H17N5O2/c1-3-9-17(10-4-1)27-20-24-19(23-15-16-8-7-13-22-14-16)25-21(26-20)28-18-11-5-2-6-12-18/h1-14H,15H2,(H,23,24,25,26). The van der Waals surface area contributed by atoms with Crippen molar-refractivity contribution in [2.45, 2.75) is 6.54 Å². The first-order chi connectivity index (χ1) is 13.8. The first-order valence-electron chi connectivity index (χ1n) is 8.70. The summed E-state index contributed by atoms with van der Waals surface area (Å²) in [6, 6.07) is 22.7. The molecule has 0 aliphatic heterocycles. The Morgan fingerprint density at radius 3 is 1.82 bits per heavy atom. The van der Waals surface area contributed by atoms with E-state index in [-0.39, 0.29) is 12.0 Å². The van der Waals surface area contributed by atoms with Gasteiger partial charge in [0.1, 0.15) is 11.5 Å². The van der Waals surface area contributed by atoms with Crippen LogP contribution in [-0.4, -0.2) is 19.9 Å². The molecule has 0 saturated carbocycles. The molecule has 0 aliphatic rings. The number of nitrogens with zero attached hydrogens (tertiary/aromatic N) is 4. The van der Waals surface area contributed by atoms with Crippen LogP contribution in [0.1, 0.15) is 5.56 Å². The van der Waals surface area contributed by atoms with Crippen LogP contribution in [0.3, 0.4) is 0 Å². The lowest BCUT2D eigenvalue weighted by Gasteiger charge is -2.10. The van der Waals surface area contributed by atoms with Gasteiger partial charge in [0.05, 0.1) is 0 Å². The lowest BCUT2D eigenvalue weighted by Crippen LogP contribution is -2.07. The summed E-state index contributed by atoms with van der Waals surface area (Å²) in [6.45, 7) is 0.507. The highest BCUT2D eigenvalue weighted by atomic mass is 16.5.